The zero-order chi connectivity index (χ0) is 71.7. The van der Waals surface area contributed by atoms with E-state index in [2.05, 4.69) is 55.4 Å². The molecule has 17 nitrogen and oxygen atoms in total. The van der Waals surface area contributed by atoms with Crippen LogP contribution in [0.3, 0.4) is 0 Å². The van der Waals surface area contributed by atoms with Crippen LogP contribution in [0.5, 0.6) is 0 Å². The van der Waals surface area contributed by atoms with E-state index in [0.717, 1.165) is 114 Å². The summed E-state index contributed by atoms with van der Waals surface area (Å²) in [5.74, 6) is 0.941. The van der Waals surface area contributed by atoms with Gasteiger partial charge in [-0.25, -0.2) is 9.13 Å². The second kappa shape index (κ2) is 67.2. The number of aliphatic hydroxyl groups is 1. The van der Waals surface area contributed by atoms with E-state index >= 15 is 0 Å². The molecule has 4 unspecified atom stereocenters. The third-order valence-corrected chi connectivity index (χ3v) is 20.3. The Morgan fingerprint density at radius 1 is 0.289 bits per heavy atom. The van der Waals surface area contributed by atoms with Gasteiger partial charge in [-0.2, -0.15) is 0 Å². The summed E-state index contributed by atoms with van der Waals surface area (Å²) in [5, 5.41) is 10.6. The SMILES string of the molecule is CCC(C)CCCCCCCCCCC(=O)OC[C@H](COP(=O)(O)OCC(O)COP(=O)(O)OC[C@@H](COC(=O)CCCCCCCCC(C)C)OC(=O)CCCCCCCCCCCCCCCCCCC(C)C)OC(=O)CCCCCCCCCCCCCCCCC(C)C. The van der Waals surface area contributed by atoms with Crippen molar-refractivity contribution in [2.24, 2.45) is 23.7 Å². The van der Waals surface area contributed by atoms with Crippen LogP contribution < -0.4 is 0 Å². The summed E-state index contributed by atoms with van der Waals surface area (Å²) in [5.41, 5.74) is 0. The molecule has 0 heterocycles. The first-order valence-electron chi connectivity index (χ1n) is 40.2. The van der Waals surface area contributed by atoms with Crippen LogP contribution in [0.2, 0.25) is 0 Å². The maximum absolute atomic E-state index is 13.1. The number of aliphatic hydroxyl groups excluding tert-OH is 1. The van der Waals surface area contributed by atoms with E-state index in [1.54, 1.807) is 0 Å². The Kier molecular flexibility index (Phi) is 65.9. The Balaban J connectivity index is 5.21. The number of rotatable bonds is 75. The first kappa shape index (κ1) is 95.1. The van der Waals surface area contributed by atoms with Crippen LogP contribution in [-0.2, 0) is 65.4 Å². The minimum Gasteiger partial charge on any atom is -0.462 e. The fourth-order valence-corrected chi connectivity index (χ4v) is 13.5. The van der Waals surface area contributed by atoms with E-state index in [0.29, 0.717) is 31.6 Å². The molecule has 576 valence electrons. The number of carbonyl (C=O) groups excluding carboxylic acids is 4. The molecule has 3 N–H and O–H groups in total. The number of carbonyl (C=O) groups is 4. The van der Waals surface area contributed by atoms with E-state index in [4.69, 9.17) is 37.0 Å². The van der Waals surface area contributed by atoms with E-state index in [9.17, 15) is 43.2 Å². The van der Waals surface area contributed by atoms with Crippen molar-refractivity contribution in [2.75, 3.05) is 39.6 Å². The highest BCUT2D eigenvalue weighted by molar-refractivity contribution is 7.47. The number of unbranched alkanes of at least 4 members (excludes halogenated alkanes) is 40. The number of hydrogen-bond donors (Lipinski definition) is 3. The van der Waals surface area contributed by atoms with Gasteiger partial charge in [0.2, 0.25) is 0 Å². The zero-order valence-electron chi connectivity index (χ0n) is 63.7. The molecule has 0 bridgehead atoms. The van der Waals surface area contributed by atoms with Gasteiger partial charge in [0.05, 0.1) is 26.4 Å². The Morgan fingerprint density at radius 3 is 0.732 bits per heavy atom. The van der Waals surface area contributed by atoms with Gasteiger partial charge in [-0.3, -0.25) is 37.3 Å². The molecule has 0 aromatic rings. The van der Waals surface area contributed by atoms with E-state index in [1.165, 1.54) is 193 Å². The molecule has 0 spiro atoms. The fraction of sp³-hybridized carbons (Fsp3) is 0.949. The molecule has 19 heteroatoms. The van der Waals surface area contributed by atoms with Crippen molar-refractivity contribution in [3.05, 3.63) is 0 Å². The average Bonchev–Trinajstić information content (AvgIpc) is 0.997. The van der Waals surface area contributed by atoms with Gasteiger partial charge in [0.15, 0.2) is 12.2 Å². The van der Waals surface area contributed by atoms with Crippen LogP contribution in [0, 0.1) is 23.7 Å². The van der Waals surface area contributed by atoms with Crippen LogP contribution in [0.25, 0.3) is 0 Å². The highest BCUT2D eigenvalue weighted by Gasteiger charge is 2.30. The number of phosphoric acid groups is 2. The van der Waals surface area contributed by atoms with Gasteiger partial charge >= 0.3 is 39.5 Å². The molecule has 6 atom stereocenters. The second-order valence-electron chi connectivity index (χ2n) is 29.8. The molecule has 0 rings (SSSR count). The summed E-state index contributed by atoms with van der Waals surface area (Å²) < 4.78 is 68.6. The lowest BCUT2D eigenvalue weighted by atomic mass is 9.99. The van der Waals surface area contributed by atoms with Crippen LogP contribution in [-0.4, -0.2) is 96.7 Å². The van der Waals surface area contributed by atoms with E-state index < -0.39 is 97.5 Å². The van der Waals surface area contributed by atoms with Gasteiger partial charge in [0, 0.05) is 25.7 Å². The Labute approximate surface area is 594 Å². The van der Waals surface area contributed by atoms with Crippen LogP contribution in [0.15, 0.2) is 0 Å². The van der Waals surface area contributed by atoms with Crippen LogP contribution >= 0.6 is 15.6 Å². The lowest BCUT2D eigenvalue weighted by molar-refractivity contribution is -0.161. The maximum Gasteiger partial charge on any atom is 0.472 e. The number of hydrogen-bond acceptors (Lipinski definition) is 15. The Bertz CT molecular complexity index is 1900. The van der Waals surface area contributed by atoms with E-state index in [-0.39, 0.29) is 25.7 Å². The third kappa shape index (κ3) is 70.9. The first-order valence-corrected chi connectivity index (χ1v) is 43.2. The van der Waals surface area contributed by atoms with Crippen LogP contribution in [0.1, 0.15) is 396 Å². The van der Waals surface area contributed by atoms with Gasteiger partial charge in [-0.05, 0) is 49.4 Å². The third-order valence-electron chi connectivity index (χ3n) is 18.4. The molecule has 0 amide bonds. The number of ether oxygens (including phenoxy) is 4. The zero-order valence-corrected chi connectivity index (χ0v) is 65.5. The highest BCUT2D eigenvalue weighted by Crippen LogP contribution is 2.45. The van der Waals surface area contributed by atoms with Gasteiger partial charge in [0.1, 0.15) is 19.3 Å². The highest BCUT2D eigenvalue weighted by atomic mass is 31.2. The molecule has 0 aliphatic rings. The predicted molar refractivity (Wildman–Crippen MR) is 395 cm³/mol. The minimum absolute atomic E-state index is 0.106. The molecule has 0 saturated carbocycles. The second-order valence-corrected chi connectivity index (χ2v) is 32.7. The monoisotopic (exact) mass is 1420 g/mol. The van der Waals surface area contributed by atoms with E-state index in [1.807, 2.05) is 0 Å². The van der Waals surface area contributed by atoms with Gasteiger partial charge in [0.25, 0.3) is 0 Å². The van der Waals surface area contributed by atoms with Crippen molar-refractivity contribution in [3.63, 3.8) is 0 Å². The van der Waals surface area contributed by atoms with Gasteiger partial charge < -0.3 is 33.8 Å². The Morgan fingerprint density at radius 2 is 0.495 bits per heavy atom. The van der Waals surface area contributed by atoms with Crippen molar-refractivity contribution in [1.29, 1.82) is 0 Å². The van der Waals surface area contributed by atoms with Gasteiger partial charge in [-0.1, -0.05) is 344 Å². The van der Waals surface area contributed by atoms with Crippen molar-refractivity contribution < 1.29 is 80.2 Å². The molecule has 0 aromatic carbocycles. The normalized spacial score (nSPS) is 14.4. The molecule has 97 heavy (non-hydrogen) atoms. The minimum atomic E-state index is -4.96. The number of phosphoric ester groups is 2. The molecule has 0 fully saturated rings. The molecule has 0 radical (unpaired) electrons. The maximum atomic E-state index is 13.1. The summed E-state index contributed by atoms with van der Waals surface area (Å²) in [6.45, 7) is 14.2. The summed E-state index contributed by atoms with van der Waals surface area (Å²) in [6.07, 6.45) is 52.9. The first-order chi connectivity index (χ1) is 46.6. The molecule has 0 aromatic heterocycles. The standard InChI is InChI=1S/C78H152O17P2/c1-9-71(8)57-49-41-32-28-29-33-42-50-58-75(80)88-64-73(94-77(82)60-53-45-35-27-23-19-15-14-17-21-25-31-39-47-55-69(4)5)66-92-96(84,85)90-62-72(79)63-91-97(86,87)93-67-74(65-89-76(81)59-51-43-37-36-40-48-56-70(6)7)95-78(83)61-52-44-34-26-22-18-13-11-10-12-16-20-24-30-38-46-54-68(2)3/h68-74,79H,9-67H2,1-8H3,(H,84,85)(H,86,87)/t71?,72?,73-,74-/m1/s1. The van der Waals surface area contributed by atoms with Crippen molar-refractivity contribution in [2.45, 2.75) is 414 Å². The van der Waals surface area contributed by atoms with Crippen molar-refractivity contribution >= 4 is 39.5 Å². The number of esters is 4. The van der Waals surface area contributed by atoms with Crippen molar-refractivity contribution in [3.8, 4) is 0 Å². The summed E-state index contributed by atoms with van der Waals surface area (Å²) in [7, 11) is -9.92. The quantitative estimate of drug-likeness (QED) is 0.0222. The lowest BCUT2D eigenvalue weighted by Crippen LogP contribution is -2.30. The summed E-state index contributed by atoms with van der Waals surface area (Å²) in [4.78, 5) is 72.8. The van der Waals surface area contributed by atoms with Crippen LogP contribution in [0.4, 0.5) is 0 Å². The summed E-state index contributed by atoms with van der Waals surface area (Å²) in [6, 6.07) is 0. The Hall–Kier alpha value is -1.94. The fourth-order valence-electron chi connectivity index (χ4n) is 11.9. The molecule has 0 saturated heterocycles. The topological polar surface area (TPSA) is 237 Å². The average molecular weight is 1420 g/mol. The van der Waals surface area contributed by atoms with Crippen molar-refractivity contribution in [1.82, 2.24) is 0 Å². The molecular weight excluding hydrogens is 1270 g/mol. The smallest absolute Gasteiger partial charge is 0.462 e. The molecule has 0 aliphatic heterocycles. The largest absolute Gasteiger partial charge is 0.472 e. The van der Waals surface area contributed by atoms with Gasteiger partial charge in [-0.15, -0.1) is 0 Å². The predicted octanol–water partition coefficient (Wildman–Crippen LogP) is 22.8. The molecular formula is C78H152O17P2. The molecule has 0 aliphatic carbocycles. The lowest BCUT2D eigenvalue weighted by Gasteiger charge is -2.21. The summed E-state index contributed by atoms with van der Waals surface area (Å²) >= 11 is 0.